The highest BCUT2D eigenvalue weighted by atomic mass is 79.9. The fourth-order valence-electron chi connectivity index (χ4n) is 3.20. The number of sulfonamides is 1. The number of aromatic nitrogens is 1. The molecule has 1 aliphatic heterocycles. The first-order chi connectivity index (χ1) is 15.2. The molecule has 0 atom stereocenters. The molecule has 32 heavy (non-hydrogen) atoms. The Morgan fingerprint density at radius 2 is 2.03 bits per heavy atom. The van der Waals surface area contributed by atoms with Gasteiger partial charge in [0.1, 0.15) is 22.9 Å². The van der Waals surface area contributed by atoms with Crippen molar-refractivity contribution in [3.05, 3.63) is 63.8 Å². The molecule has 1 aliphatic rings. The molecule has 2 N–H and O–H groups in total. The summed E-state index contributed by atoms with van der Waals surface area (Å²) < 4.78 is 39.1. The lowest BCUT2D eigenvalue weighted by Gasteiger charge is -2.14. The van der Waals surface area contributed by atoms with Crippen molar-refractivity contribution in [1.29, 1.82) is 5.26 Å². The molecule has 11 heteroatoms. The van der Waals surface area contributed by atoms with E-state index in [0.717, 1.165) is 6.07 Å². The molecule has 1 aromatic heterocycles. The van der Waals surface area contributed by atoms with Crippen LogP contribution in [0.2, 0.25) is 0 Å². The number of carbonyl (C=O) groups excluding carboxylic acids is 1. The molecule has 0 radical (unpaired) electrons. The SMILES string of the molecule is COc1ncc2cc1NS(=O)(=O)c1cc(cc(Br)c1O)C(=O)OCc1ccc(C#N)cc1-2. The molecule has 0 unspecified atom stereocenters. The van der Waals surface area contributed by atoms with Gasteiger partial charge in [-0.1, -0.05) is 6.07 Å². The number of methoxy groups -OCH3 is 1. The summed E-state index contributed by atoms with van der Waals surface area (Å²) in [5, 5.41) is 19.6. The number of ether oxygens (including phenoxy) is 2. The zero-order valence-corrected chi connectivity index (χ0v) is 18.8. The van der Waals surface area contributed by atoms with Crippen LogP contribution >= 0.6 is 15.9 Å². The molecule has 4 rings (SSSR count). The molecule has 162 valence electrons. The Hall–Kier alpha value is -3.62. The van der Waals surface area contributed by atoms with Crippen LogP contribution in [0, 0.1) is 11.3 Å². The molecule has 2 heterocycles. The minimum Gasteiger partial charge on any atom is -0.505 e. The van der Waals surface area contributed by atoms with E-state index in [1.165, 1.54) is 25.4 Å². The Morgan fingerprint density at radius 1 is 1.25 bits per heavy atom. The summed E-state index contributed by atoms with van der Waals surface area (Å²) in [5.74, 6) is -1.37. The normalized spacial score (nSPS) is 14.3. The van der Waals surface area contributed by atoms with Crippen LogP contribution in [0.25, 0.3) is 11.1 Å². The number of rotatable bonds is 1. The highest BCUT2D eigenvalue weighted by Gasteiger charge is 2.26. The average molecular weight is 516 g/mol. The number of phenolic OH excluding ortho intramolecular Hbond substituents is 1. The number of cyclic esters (lactones) is 1. The molecule has 0 spiro atoms. The summed E-state index contributed by atoms with van der Waals surface area (Å²) in [6.07, 6.45) is 1.45. The van der Waals surface area contributed by atoms with Crippen LogP contribution in [0.5, 0.6) is 11.6 Å². The van der Waals surface area contributed by atoms with Gasteiger partial charge in [0.15, 0.2) is 0 Å². The lowest BCUT2D eigenvalue weighted by molar-refractivity contribution is 0.0473. The Labute approximate surface area is 191 Å². The second kappa shape index (κ2) is 8.14. The number of benzene rings is 2. The predicted octanol–water partition coefficient (Wildman–Crippen LogP) is 3.57. The summed E-state index contributed by atoms with van der Waals surface area (Å²) in [7, 11) is -3.04. The number of hydrogen-bond donors (Lipinski definition) is 2. The maximum Gasteiger partial charge on any atom is 0.338 e. The van der Waals surface area contributed by atoms with E-state index in [9.17, 15) is 23.6 Å². The molecule has 2 aromatic carbocycles. The van der Waals surface area contributed by atoms with E-state index in [2.05, 4.69) is 25.6 Å². The van der Waals surface area contributed by atoms with Crippen molar-refractivity contribution in [2.45, 2.75) is 11.5 Å². The van der Waals surface area contributed by atoms with Gasteiger partial charge in [-0.2, -0.15) is 5.26 Å². The first kappa shape index (κ1) is 21.6. The predicted molar refractivity (Wildman–Crippen MR) is 117 cm³/mol. The van der Waals surface area contributed by atoms with Crippen molar-refractivity contribution in [1.82, 2.24) is 4.98 Å². The summed E-state index contributed by atoms with van der Waals surface area (Å²) in [4.78, 5) is 16.3. The lowest BCUT2D eigenvalue weighted by atomic mass is 9.98. The standard InChI is InChI=1S/C21H14BrN3O6S/c1-30-20-17-6-14(9-24-20)15-4-11(8-23)2-3-12(15)10-31-21(27)13-5-16(22)19(26)18(7-13)32(28,29)25-17/h2-7,9,25-26H,10H2,1H3. The number of phenols is 1. The number of hydrogen-bond acceptors (Lipinski definition) is 8. The number of pyridine rings is 1. The maximum atomic E-state index is 13.1. The Bertz CT molecular complexity index is 1420. The lowest BCUT2D eigenvalue weighted by Crippen LogP contribution is -2.15. The van der Waals surface area contributed by atoms with Crippen LogP contribution < -0.4 is 9.46 Å². The third-order valence-corrected chi connectivity index (χ3v) is 6.73. The molecule has 3 aromatic rings. The molecule has 9 nitrogen and oxygen atoms in total. The monoisotopic (exact) mass is 515 g/mol. The highest BCUT2D eigenvalue weighted by molar-refractivity contribution is 9.10. The van der Waals surface area contributed by atoms with Gasteiger partial charge >= 0.3 is 5.97 Å². The third-order valence-electron chi connectivity index (χ3n) is 4.75. The van der Waals surface area contributed by atoms with E-state index in [-0.39, 0.29) is 28.2 Å². The maximum absolute atomic E-state index is 13.1. The number of halogens is 1. The number of nitrogens with one attached hydrogen (secondary N) is 1. The van der Waals surface area contributed by atoms with Crippen LogP contribution in [0.1, 0.15) is 21.5 Å². The first-order valence-corrected chi connectivity index (χ1v) is 11.3. The van der Waals surface area contributed by atoms with E-state index in [1.54, 1.807) is 18.2 Å². The van der Waals surface area contributed by atoms with Crippen molar-refractivity contribution in [2.24, 2.45) is 0 Å². The average Bonchev–Trinajstić information content (AvgIpc) is 2.78. The van der Waals surface area contributed by atoms with E-state index < -0.39 is 26.6 Å². The van der Waals surface area contributed by atoms with Crippen molar-refractivity contribution >= 4 is 37.6 Å². The van der Waals surface area contributed by atoms with Crippen molar-refractivity contribution < 1.29 is 27.8 Å². The van der Waals surface area contributed by atoms with Crippen LogP contribution in [-0.4, -0.2) is 31.6 Å². The topological polar surface area (TPSA) is 139 Å². The Kier molecular flexibility index (Phi) is 5.50. The quantitative estimate of drug-likeness (QED) is 0.468. The summed E-state index contributed by atoms with van der Waals surface area (Å²) in [5.41, 5.74) is 1.85. The number of fused-ring (bicyclic) bond motifs is 6. The largest absolute Gasteiger partial charge is 0.505 e. The number of aromatic hydroxyl groups is 1. The molecule has 0 saturated heterocycles. The van der Waals surface area contributed by atoms with Crippen LogP contribution in [0.15, 0.2) is 52.0 Å². The van der Waals surface area contributed by atoms with Crippen LogP contribution in [-0.2, 0) is 21.4 Å². The molecule has 0 fully saturated rings. The van der Waals surface area contributed by atoms with E-state index in [4.69, 9.17) is 9.47 Å². The Morgan fingerprint density at radius 3 is 2.75 bits per heavy atom. The van der Waals surface area contributed by atoms with Crippen molar-refractivity contribution in [3.8, 4) is 28.8 Å². The number of carbonyl (C=O) groups is 1. The van der Waals surface area contributed by atoms with Gasteiger partial charge in [-0.25, -0.2) is 18.2 Å². The number of esters is 1. The number of nitriles is 1. The minimum atomic E-state index is -4.37. The second-order valence-corrected chi connectivity index (χ2v) is 9.26. The van der Waals surface area contributed by atoms with Gasteiger partial charge in [0, 0.05) is 11.8 Å². The molecular formula is C21H14BrN3O6S. The van der Waals surface area contributed by atoms with Gasteiger partial charge in [-0.3, -0.25) is 4.72 Å². The van der Waals surface area contributed by atoms with Crippen molar-refractivity contribution in [2.75, 3.05) is 11.8 Å². The van der Waals surface area contributed by atoms with Crippen LogP contribution in [0.4, 0.5) is 5.69 Å². The van der Waals surface area contributed by atoms with Gasteiger partial charge in [-0.05, 0) is 57.4 Å². The summed E-state index contributed by atoms with van der Waals surface area (Å²) >= 11 is 3.07. The van der Waals surface area contributed by atoms with Gasteiger partial charge in [0.2, 0.25) is 5.88 Å². The summed E-state index contributed by atoms with van der Waals surface area (Å²) in [6.45, 7) is -0.144. The fraction of sp³-hybridized carbons (Fsp3) is 0.0952. The van der Waals surface area contributed by atoms with Crippen molar-refractivity contribution in [3.63, 3.8) is 0 Å². The van der Waals surface area contributed by atoms with Gasteiger partial charge in [0.05, 0.1) is 28.8 Å². The zero-order chi connectivity index (χ0) is 23.0. The van der Waals surface area contributed by atoms with Gasteiger partial charge < -0.3 is 14.6 Å². The Balaban J connectivity index is 2.01. The highest BCUT2D eigenvalue weighted by Crippen LogP contribution is 2.37. The number of nitrogens with zero attached hydrogens (tertiary/aromatic N) is 2. The first-order valence-electron chi connectivity index (χ1n) is 9.03. The summed E-state index contributed by atoms with van der Waals surface area (Å²) in [6, 6.07) is 10.6. The van der Waals surface area contributed by atoms with Gasteiger partial charge in [-0.15, -0.1) is 0 Å². The minimum absolute atomic E-state index is 0.0000924. The molecular weight excluding hydrogens is 502 g/mol. The molecule has 0 aliphatic carbocycles. The van der Waals surface area contributed by atoms with Crippen LogP contribution in [0.3, 0.4) is 0 Å². The zero-order valence-electron chi connectivity index (χ0n) is 16.4. The second-order valence-electron chi connectivity index (χ2n) is 6.75. The van der Waals surface area contributed by atoms with E-state index in [1.807, 2.05) is 6.07 Å². The third kappa shape index (κ3) is 3.86. The smallest absolute Gasteiger partial charge is 0.338 e. The number of anilines is 1. The van der Waals surface area contributed by atoms with E-state index in [0.29, 0.717) is 22.3 Å². The molecule has 4 bridgehead atoms. The van der Waals surface area contributed by atoms with E-state index >= 15 is 0 Å². The molecule has 0 saturated carbocycles. The fourth-order valence-corrected chi connectivity index (χ4v) is 4.98. The molecule has 0 amide bonds. The van der Waals surface area contributed by atoms with Gasteiger partial charge in [0.25, 0.3) is 10.0 Å².